The second-order valence-corrected chi connectivity index (χ2v) is 7.81. The van der Waals surface area contributed by atoms with Crippen molar-refractivity contribution in [2.45, 2.75) is 24.4 Å². The van der Waals surface area contributed by atoms with Gasteiger partial charge >= 0.3 is 0 Å². The number of aromatic nitrogens is 4. The molecular formula is C14H20N6O2S. The lowest BCUT2D eigenvalue weighted by Gasteiger charge is -2.33. The maximum Gasteiger partial charge on any atom is 0.175 e. The van der Waals surface area contributed by atoms with Crippen LogP contribution in [0.25, 0.3) is 5.69 Å². The van der Waals surface area contributed by atoms with E-state index in [2.05, 4.69) is 32.7 Å². The van der Waals surface area contributed by atoms with E-state index in [1.54, 1.807) is 28.9 Å². The van der Waals surface area contributed by atoms with Crippen LogP contribution in [0.5, 0.6) is 0 Å². The SMILES string of the molecule is C[C@@H]1CNCCN1Cc1nnnn1-c1ccc(S(C)(=O)=O)cc1. The highest BCUT2D eigenvalue weighted by Crippen LogP contribution is 2.15. The predicted molar refractivity (Wildman–Crippen MR) is 85.0 cm³/mol. The molecule has 1 aromatic carbocycles. The van der Waals surface area contributed by atoms with Crippen LogP contribution in [0.2, 0.25) is 0 Å². The summed E-state index contributed by atoms with van der Waals surface area (Å²) in [5, 5.41) is 15.3. The van der Waals surface area contributed by atoms with Gasteiger partial charge in [0.05, 0.1) is 17.1 Å². The third-order valence-corrected chi connectivity index (χ3v) is 5.16. The van der Waals surface area contributed by atoms with Crippen LogP contribution in [0.1, 0.15) is 12.7 Å². The van der Waals surface area contributed by atoms with Gasteiger partial charge in [-0.25, -0.2) is 8.42 Å². The number of nitrogens with one attached hydrogen (secondary N) is 1. The highest BCUT2D eigenvalue weighted by molar-refractivity contribution is 7.90. The molecule has 0 spiro atoms. The van der Waals surface area contributed by atoms with Crippen LogP contribution in [0.3, 0.4) is 0 Å². The summed E-state index contributed by atoms with van der Waals surface area (Å²) in [6, 6.07) is 7.00. The molecule has 0 aliphatic carbocycles. The van der Waals surface area contributed by atoms with E-state index in [1.165, 1.54) is 6.26 Å². The van der Waals surface area contributed by atoms with Crippen LogP contribution >= 0.6 is 0 Å². The van der Waals surface area contributed by atoms with Crippen LogP contribution < -0.4 is 5.32 Å². The minimum Gasteiger partial charge on any atom is -0.314 e. The first-order valence-corrected chi connectivity index (χ1v) is 9.37. The molecule has 124 valence electrons. The van der Waals surface area contributed by atoms with Crippen molar-refractivity contribution in [2.24, 2.45) is 0 Å². The van der Waals surface area contributed by atoms with E-state index in [9.17, 15) is 8.42 Å². The van der Waals surface area contributed by atoms with E-state index in [4.69, 9.17) is 0 Å². The molecular weight excluding hydrogens is 316 g/mol. The van der Waals surface area contributed by atoms with Crippen LogP contribution in [0, 0.1) is 0 Å². The minimum absolute atomic E-state index is 0.284. The summed E-state index contributed by atoms with van der Waals surface area (Å²) in [6.45, 7) is 5.67. The summed E-state index contributed by atoms with van der Waals surface area (Å²) in [7, 11) is -3.20. The Kier molecular flexibility index (Phi) is 4.42. The molecule has 23 heavy (non-hydrogen) atoms. The molecule has 1 N–H and O–H groups in total. The monoisotopic (exact) mass is 336 g/mol. The lowest BCUT2D eigenvalue weighted by Crippen LogP contribution is -2.49. The molecule has 0 unspecified atom stereocenters. The Labute approximate surface area is 135 Å². The Balaban J connectivity index is 1.83. The molecule has 0 bridgehead atoms. The normalized spacial score (nSPS) is 19.8. The van der Waals surface area contributed by atoms with E-state index >= 15 is 0 Å². The van der Waals surface area contributed by atoms with Crippen molar-refractivity contribution in [3.05, 3.63) is 30.1 Å². The molecule has 8 nitrogen and oxygen atoms in total. The Morgan fingerprint density at radius 2 is 2.04 bits per heavy atom. The van der Waals surface area contributed by atoms with Gasteiger partial charge in [0.2, 0.25) is 0 Å². The first-order valence-electron chi connectivity index (χ1n) is 7.47. The van der Waals surface area contributed by atoms with Crippen LogP contribution in [-0.2, 0) is 16.4 Å². The number of tetrazole rings is 1. The lowest BCUT2D eigenvalue weighted by atomic mass is 10.2. The van der Waals surface area contributed by atoms with Crippen LogP contribution in [-0.4, -0.2) is 65.5 Å². The van der Waals surface area contributed by atoms with E-state index in [0.29, 0.717) is 12.6 Å². The molecule has 3 rings (SSSR count). The standard InChI is InChI=1S/C14H20N6O2S/c1-11-9-15-7-8-19(11)10-14-16-17-18-20(14)12-3-5-13(6-4-12)23(2,21)22/h3-6,11,15H,7-10H2,1-2H3/t11-/m1/s1. The molecule has 0 radical (unpaired) electrons. The molecule has 0 amide bonds. The molecule has 0 saturated carbocycles. The quantitative estimate of drug-likeness (QED) is 0.830. The molecule has 1 aliphatic heterocycles. The summed E-state index contributed by atoms with van der Waals surface area (Å²) in [4.78, 5) is 2.61. The zero-order chi connectivity index (χ0) is 16.4. The first kappa shape index (κ1) is 16.0. The summed E-state index contributed by atoms with van der Waals surface area (Å²) in [5.41, 5.74) is 0.750. The van der Waals surface area contributed by atoms with Gasteiger partial charge in [-0.2, -0.15) is 4.68 Å². The Morgan fingerprint density at radius 1 is 1.30 bits per heavy atom. The number of benzene rings is 1. The number of sulfone groups is 1. The second-order valence-electron chi connectivity index (χ2n) is 5.80. The van der Waals surface area contributed by atoms with E-state index in [1.807, 2.05) is 0 Å². The molecule has 2 aromatic rings. The Morgan fingerprint density at radius 3 is 2.70 bits per heavy atom. The van der Waals surface area contributed by atoms with Gasteiger partial charge in [0.25, 0.3) is 0 Å². The molecule has 1 atom stereocenters. The lowest BCUT2D eigenvalue weighted by molar-refractivity contribution is 0.160. The maximum absolute atomic E-state index is 11.5. The maximum atomic E-state index is 11.5. The Bertz CT molecular complexity index is 771. The van der Waals surface area contributed by atoms with Crippen molar-refractivity contribution in [3.8, 4) is 5.69 Å². The van der Waals surface area contributed by atoms with Crippen molar-refractivity contribution in [1.29, 1.82) is 0 Å². The number of hydrogen-bond donors (Lipinski definition) is 1. The summed E-state index contributed by atoms with van der Waals surface area (Å²) in [6.07, 6.45) is 1.19. The van der Waals surface area contributed by atoms with E-state index < -0.39 is 9.84 Å². The number of rotatable bonds is 4. The number of nitrogens with zero attached hydrogens (tertiary/aromatic N) is 5. The van der Waals surface area contributed by atoms with Crippen LogP contribution in [0.4, 0.5) is 0 Å². The zero-order valence-electron chi connectivity index (χ0n) is 13.2. The highest BCUT2D eigenvalue weighted by atomic mass is 32.2. The first-order chi connectivity index (χ1) is 10.9. The smallest absolute Gasteiger partial charge is 0.175 e. The van der Waals surface area contributed by atoms with Crippen molar-refractivity contribution in [3.63, 3.8) is 0 Å². The minimum atomic E-state index is -3.20. The van der Waals surface area contributed by atoms with Gasteiger partial charge in [0.1, 0.15) is 0 Å². The van der Waals surface area contributed by atoms with Crippen molar-refractivity contribution in [1.82, 2.24) is 30.4 Å². The van der Waals surface area contributed by atoms with Gasteiger partial charge < -0.3 is 5.32 Å². The fourth-order valence-electron chi connectivity index (χ4n) is 2.64. The van der Waals surface area contributed by atoms with Gasteiger partial charge in [-0.3, -0.25) is 4.90 Å². The van der Waals surface area contributed by atoms with Crippen molar-refractivity contribution < 1.29 is 8.42 Å². The summed E-state index contributed by atoms with van der Waals surface area (Å²) >= 11 is 0. The fourth-order valence-corrected chi connectivity index (χ4v) is 3.27. The molecule has 2 heterocycles. The summed E-state index contributed by atoms with van der Waals surface area (Å²) < 4.78 is 24.7. The molecule has 1 saturated heterocycles. The molecule has 9 heteroatoms. The van der Waals surface area contributed by atoms with Crippen molar-refractivity contribution in [2.75, 3.05) is 25.9 Å². The average Bonchev–Trinajstić information content (AvgIpc) is 2.97. The third kappa shape index (κ3) is 3.57. The third-order valence-electron chi connectivity index (χ3n) is 4.03. The number of piperazine rings is 1. The second kappa shape index (κ2) is 6.34. The van der Waals surface area contributed by atoms with E-state index in [-0.39, 0.29) is 4.90 Å². The van der Waals surface area contributed by atoms with Gasteiger partial charge in [-0.1, -0.05) is 0 Å². The topological polar surface area (TPSA) is 93.0 Å². The van der Waals surface area contributed by atoms with Gasteiger partial charge in [-0.05, 0) is 41.6 Å². The zero-order valence-corrected chi connectivity index (χ0v) is 14.0. The highest BCUT2D eigenvalue weighted by Gasteiger charge is 2.21. The average molecular weight is 336 g/mol. The predicted octanol–water partition coefficient (Wildman–Crippen LogP) is -0.140. The van der Waals surface area contributed by atoms with Gasteiger partial charge in [0.15, 0.2) is 15.7 Å². The Hall–Kier alpha value is -1.84. The van der Waals surface area contributed by atoms with Crippen LogP contribution in [0.15, 0.2) is 29.2 Å². The van der Waals surface area contributed by atoms with Gasteiger partial charge in [0, 0.05) is 31.9 Å². The van der Waals surface area contributed by atoms with E-state index in [0.717, 1.165) is 31.1 Å². The largest absolute Gasteiger partial charge is 0.314 e. The molecule has 1 aromatic heterocycles. The van der Waals surface area contributed by atoms with Gasteiger partial charge in [-0.15, -0.1) is 5.10 Å². The molecule has 1 fully saturated rings. The fraction of sp³-hybridized carbons (Fsp3) is 0.500. The summed E-state index contributed by atoms with van der Waals surface area (Å²) in [5.74, 6) is 0.742. The molecule has 1 aliphatic rings. The van der Waals surface area contributed by atoms with Crippen molar-refractivity contribution >= 4 is 9.84 Å². The number of hydrogen-bond acceptors (Lipinski definition) is 7.